The second-order valence-corrected chi connectivity index (χ2v) is 6.31. The van der Waals surface area contributed by atoms with Crippen molar-refractivity contribution in [3.05, 3.63) is 30.3 Å². The van der Waals surface area contributed by atoms with Gasteiger partial charge in [0.05, 0.1) is 5.92 Å². The maximum atomic E-state index is 12.5. The summed E-state index contributed by atoms with van der Waals surface area (Å²) in [6, 6.07) is 9.52. The number of carbonyl (C=O) groups is 2. The molecule has 0 saturated carbocycles. The Bertz CT molecular complexity index is 505. The van der Waals surface area contributed by atoms with Crippen LogP contribution in [0.5, 0.6) is 0 Å². The highest BCUT2D eigenvalue weighted by Gasteiger charge is 2.40. The molecule has 2 rings (SSSR count). The summed E-state index contributed by atoms with van der Waals surface area (Å²) in [4.78, 5) is 28.0. The molecule has 0 unspecified atom stereocenters. The first kappa shape index (κ1) is 14.6. The van der Waals surface area contributed by atoms with Crippen molar-refractivity contribution in [2.24, 2.45) is 5.92 Å². The monoisotopic (exact) mass is 274 g/mol. The Kier molecular flexibility index (Phi) is 3.84. The van der Waals surface area contributed by atoms with Gasteiger partial charge in [-0.15, -0.1) is 0 Å². The van der Waals surface area contributed by atoms with Crippen LogP contribution in [0.4, 0.5) is 5.69 Å². The Morgan fingerprint density at radius 3 is 2.35 bits per heavy atom. The molecule has 4 nitrogen and oxygen atoms in total. The third kappa shape index (κ3) is 2.84. The number of anilines is 1. The molecule has 1 aromatic rings. The van der Waals surface area contributed by atoms with Gasteiger partial charge in [0.15, 0.2) is 0 Å². The van der Waals surface area contributed by atoms with Gasteiger partial charge in [0.25, 0.3) is 0 Å². The van der Waals surface area contributed by atoms with E-state index in [9.17, 15) is 9.59 Å². The lowest BCUT2D eigenvalue weighted by molar-refractivity contribution is -0.131. The van der Waals surface area contributed by atoms with E-state index in [1.807, 2.05) is 51.1 Å². The van der Waals surface area contributed by atoms with Crippen LogP contribution in [0.15, 0.2) is 30.3 Å². The third-order valence-corrected chi connectivity index (χ3v) is 3.76. The van der Waals surface area contributed by atoms with Crippen molar-refractivity contribution in [2.75, 3.05) is 18.5 Å². The van der Waals surface area contributed by atoms with Gasteiger partial charge in [0.2, 0.25) is 11.8 Å². The van der Waals surface area contributed by atoms with Crippen molar-refractivity contribution >= 4 is 17.5 Å². The molecule has 1 aromatic carbocycles. The van der Waals surface area contributed by atoms with Crippen LogP contribution in [0.2, 0.25) is 0 Å². The van der Waals surface area contributed by atoms with E-state index in [-0.39, 0.29) is 23.3 Å². The lowest BCUT2D eigenvalue weighted by Crippen LogP contribution is -2.43. The number of hydrogen-bond donors (Lipinski definition) is 0. The number of likely N-dealkylation sites (tertiary alicyclic amines) is 1. The largest absolute Gasteiger partial charge is 0.337 e. The first-order valence-corrected chi connectivity index (χ1v) is 6.94. The standard InChI is InChI=1S/C16H22N2O2/c1-16(2,3)18-11-12(10-14(18)19)15(20)17(4)13-8-6-5-7-9-13/h5-9,12H,10-11H2,1-4H3/t12-/m0/s1. The number of hydrogen-bond acceptors (Lipinski definition) is 2. The molecular formula is C16H22N2O2. The van der Waals surface area contributed by atoms with Gasteiger partial charge in [0, 0.05) is 31.2 Å². The Hall–Kier alpha value is -1.84. The average Bonchev–Trinajstić information content (AvgIpc) is 2.80. The highest BCUT2D eigenvalue weighted by atomic mass is 16.2. The summed E-state index contributed by atoms with van der Waals surface area (Å²) < 4.78 is 0. The molecule has 1 saturated heterocycles. The summed E-state index contributed by atoms with van der Waals surface area (Å²) >= 11 is 0. The molecule has 4 heteroatoms. The first-order valence-electron chi connectivity index (χ1n) is 6.94. The van der Waals surface area contributed by atoms with Gasteiger partial charge in [0.1, 0.15) is 0 Å². The molecule has 2 amide bonds. The highest BCUT2D eigenvalue weighted by Crippen LogP contribution is 2.27. The molecule has 1 atom stereocenters. The van der Waals surface area contributed by atoms with E-state index in [0.29, 0.717) is 13.0 Å². The van der Waals surface area contributed by atoms with Gasteiger partial charge < -0.3 is 9.80 Å². The summed E-state index contributed by atoms with van der Waals surface area (Å²) in [6.45, 7) is 6.51. The molecule has 0 aromatic heterocycles. The number of benzene rings is 1. The van der Waals surface area contributed by atoms with Crippen LogP contribution in [-0.2, 0) is 9.59 Å². The molecule has 0 bridgehead atoms. The fourth-order valence-corrected chi connectivity index (χ4v) is 2.57. The van der Waals surface area contributed by atoms with E-state index in [4.69, 9.17) is 0 Å². The molecule has 1 aliphatic heterocycles. The van der Waals surface area contributed by atoms with Crippen LogP contribution in [-0.4, -0.2) is 35.8 Å². The molecule has 20 heavy (non-hydrogen) atoms. The fourth-order valence-electron chi connectivity index (χ4n) is 2.57. The molecule has 0 aliphatic carbocycles. The van der Waals surface area contributed by atoms with Crippen molar-refractivity contribution < 1.29 is 9.59 Å². The zero-order chi connectivity index (χ0) is 14.9. The predicted octanol–water partition coefficient (Wildman–Crippen LogP) is 2.30. The molecule has 0 radical (unpaired) electrons. The van der Waals surface area contributed by atoms with Crippen LogP contribution in [0.25, 0.3) is 0 Å². The minimum atomic E-state index is -0.244. The predicted molar refractivity (Wildman–Crippen MR) is 79.4 cm³/mol. The van der Waals surface area contributed by atoms with Crippen molar-refractivity contribution in [3.8, 4) is 0 Å². The molecule has 1 fully saturated rings. The molecular weight excluding hydrogens is 252 g/mol. The van der Waals surface area contributed by atoms with Gasteiger partial charge in [-0.25, -0.2) is 0 Å². The van der Waals surface area contributed by atoms with E-state index < -0.39 is 0 Å². The van der Waals surface area contributed by atoms with Crippen molar-refractivity contribution in [1.82, 2.24) is 4.90 Å². The van der Waals surface area contributed by atoms with Crippen LogP contribution >= 0.6 is 0 Å². The van der Waals surface area contributed by atoms with Gasteiger partial charge in [-0.05, 0) is 32.9 Å². The Morgan fingerprint density at radius 1 is 1.25 bits per heavy atom. The molecule has 1 aliphatic rings. The minimum Gasteiger partial charge on any atom is -0.337 e. The second kappa shape index (κ2) is 5.27. The smallest absolute Gasteiger partial charge is 0.232 e. The van der Waals surface area contributed by atoms with Gasteiger partial charge >= 0.3 is 0 Å². The SMILES string of the molecule is CN(C(=O)[C@H]1CC(=O)N(C(C)(C)C)C1)c1ccccc1. The summed E-state index contributed by atoms with van der Waals surface area (Å²) in [5.41, 5.74) is 0.636. The third-order valence-electron chi connectivity index (χ3n) is 3.76. The summed E-state index contributed by atoms with van der Waals surface area (Å²) in [6.07, 6.45) is 0.313. The fraction of sp³-hybridized carbons (Fsp3) is 0.500. The van der Waals surface area contributed by atoms with Crippen molar-refractivity contribution in [2.45, 2.75) is 32.7 Å². The van der Waals surface area contributed by atoms with E-state index in [1.165, 1.54) is 0 Å². The summed E-state index contributed by atoms with van der Waals surface area (Å²) in [5.74, 6) is -0.166. The molecule has 0 spiro atoms. The lowest BCUT2D eigenvalue weighted by Gasteiger charge is -2.32. The van der Waals surface area contributed by atoms with Gasteiger partial charge in [-0.2, -0.15) is 0 Å². The molecule has 108 valence electrons. The van der Waals surface area contributed by atoms with E-state index in [1.54, 1.807) is 16.8 Å². The maximum Gasteiger partial charge on any atom is 0.232 e. The lowest BCUT2D eigenvalue weighted by atomic mass is 10.1. The van der Waals surface area contributed by atoms with Crippen molar-refractivity contribution in [1.29, 1.82) is 0 Å². The normalized spacial score (nSPS) is 19.3. The van der Waals surface area contributed by atoms with Crippen LogP contribution in [0.1, 0.15) is 27.2 Å². The minimum absolute atomic E-state index is 0.0105. The molecule has 1 heterocycles. The zero-order valence-corrected chi connectivity index (χ0v) is 12.6. The van der Waals surface area contributed by atoms with Crippen LogP contribution in [0, 0.1) is 5.92 Å². The Labute approximate surface area is 120 Å². The van der Waals surface area contributed by atoms with Gasteiger partial charge in [-0.1, -0.05) is 18.2 Å². The van der Waals surface area contributed by atoms with E-state index >= 15 is 0 Å². The number of para-hydroxylation sites is 1. The van der Waals surface area contributed by atoms with E-state index in [2.05, 4.69) is 0 Å². The first-order chi connectivity index (χ1) is 9.30. The highest BCUT2D eigenvalue weighted by molar-refractivity contribution is 5.98. The van der Waals surface area contributed by atoms with E-state index in [0.717, 1.165) is 5.69 Å². The molecule has 0 N–H and O–H groups in total. The topological polar surface area (TPSA) is 40.6 Å². The quantitative estimate of drug-likeness (QED) is 0.830. The average molecular weight is 274 g/mol. The number of nitrogens with zero attached hydrogens (tertiary/aromatic N) is 2. The maximum absolute atomic E-state index is 12.5. The Balaban J connectivity index is 2.10. The van der Waals surface area contributed by atoms with Crippen LogP contribution < -0.4 is 4.90 Å². The zero-order valence-electron chi connectivity index (χ0n) is 12.6. The number of rotatable bonds is 2. The Morgan fingerprint density at radius 2 is 1.85 bits per heavy atom. The second-order valence-electron chi connectivity index (χ2n) is 6.31. The summed E-state index contributed by atoms with van der Waals surface area (Å²) in [5, 5.41) is 0. The van der Waals surface area contributed by atoms with Crippen LogP contribution in [0.3, 0.4) is 0 Å². The number of carbonyl (C=O) groups excluding carboxylic acids is 2. The summed E-state index contributed by atoms with van der Waals surface area (Å²) in [7, 11) is 1.77. The van der Waals surface area contributed by atoms with Gasteiger partial charge in [-0.3, -0.25) is 9.59 Å². The number of amides is 2. The van der Waals surface area contributed by atoms with Crippen molar-refractivity contribution in [3.63, 3.8) is 0 Å².